The molecule has 8 heteroatoms. The Morgan fingerprint density at radius 1 is 1.08 bits per heavy atom. The molecule has 0 aromatic heterocycles. The smallest absolute Gasteiger partial charge is 0.336 e. The zero-order valence-corrected chi connectivity index (χ0v) is 14.6. The van der Waals surface area contributed by atoms with Crippen LogP contribution in [-0.4, -0.2) is 35.3 Å². The topological polar surface area (TPSA) is 87.7 Å². The van der Waals surface area contributed by atoms with Crippen LogP contribution in [0.2, 0.25) is 5.02 Å². The number of thiocarbonyl (C=S) groups is 1. The van der Waals surface area contributed by atoms with Crippen LogP contribution in [0.4, 0.5) is 5.69 Å². The monoisotopic (exact) mass is 378 g/mol. The highest BCUT2D eigenvalue weighted by atomic mass is 35.5. The molecule has 3 N–H and O–H groups in total. The number of ether oxygens (including phenoxy) is 1. The van der Waals surface area contributed by atoms with Crippen LogP contribution >= 0.6 is 23.8 Å². The molecule has 0 fully saturated rings. The van der Waals surface area contributed by atoms with E-state index in [1.807, 2.05) is 0 Å². The fourth-order valence-electron chi connectivity index (χ4n) is 1.96. The number of hydrogen-bond donors (Lipinski definition) is 3. The van der Waals surface area contributed by atoms with E-state index >= 15 is 0 Å². The summed E-state index contributed by atoms with van der Waals surface area (Å²) in [4.78, 5) is 23.1. The average molecular weight is 379 g/mol. The molecule has 0 spiro atoms. The molecular weight excluding hydrogens is 364 g/mol. The van der Waals surface area contributed by atoms with Gasteiger partial charge in [0.05, 0.1) is 17.7 Å². The lowest BCUT2D eigenvalue weighted by atomic mass is 10.1. The first kappa shape index (κ1) is 18.7. The van der Waals surface area contributed by atoms with E-state index in [0.29, 0.717) is 5.02 Å². The van der Waals surface area contributed by atoms with Gasteiger partial charge in [0.2, 0.25) is 0 Å². The molecular formula is C17H15ClN2O4S. The van der Waals surface area contributed by atoms with E-state index in [9.17, 15) is 9.59 Å². The molecule has 0 saturated carbocycles. The van der Waals surface area contributed by atoms with Gasteiger partial charge in [0.1, 0.15) is 6.61 Å². The van der Waals surface area contributed by atoms with E-state index in [0.717, 1.165) is 5.69 Å². The first-order valence-electron chi connectivity index (χ1n) is 7.27. The highest BCUT2D eigenvalue weighted by Crippen LogP contribution is 2.13. The van der Waals surface area contributed by atoms with Crippen LogP contribution in [0.15, 0.2) is 48.5 Å². The number of amides is 1. The molecule has 25 heavy (non-hydrogen) atoms. The number of carbonyl (C=O) groups excluding carboxylic acids is 1. The largest absolute Gasteiger partial charge is 0.478 e. The summed E-state index contributed by atoms with van der Waals surface area (Å²) in [6.07, 6.45) is 0. The van der Waals surface area contributed by atoms with Gasteiger partial charge in [0.25, 0.3) is 11.1 Å². The molecule has 0 unspecified atom stereocenters. The van der Waals surface area contributed by atoms with Gasteiger partial charge in [-0.25, -0.2) is 4.79 Å². The molecule has 2 rings (SSSR count). The molecule has 2 aromatic rings. The zero-order chi connectivity index (χ0) is 18.2. The van der Waals surface area contributed by atoms with Crippen molar-refractivity contribution in [1.29, 1.82) is 0 Å². The lowest BCUT2D eigenvalue weighted by molar-refractivity contribution is 0.0691. The van der Waals surface area contributed by atoms with Crippen molar-refractivity contribution in [3.05, 3.63) is 64.7 Å². The second kappa shape index (κ2) is 9.00. The first-order valence-corrected chi connectivity index (χ1v) is 8.06. The Bertz CT molecular complexity index is 780. The lowest BCUT2D eigenvalue weighted by Gasteiger charge is -2.11. The van der Waals surface area contributed by atoms with Gasteiger partial charge in [-0.2, -0.15) is 0 Å². The minimum atomic E-state index is -1.16. The van der Waals surface area contributed by atoms with Crippen LogP contribution in [0, 0.1) is 0 Å². The second-order valence-electron chi connectivity index (χ2n) is 4.87. The summed E-state index contributed by atoms with van der Waals surface area (Å²) >= 11 is 10.8. The van der Waals surface area contributed by atoms with E-state index in [1.165, 1.54) is 12.1 Å². The summed E-state index contributed by atoms with van der Waals surface area (Å²) in [5, 5.41) is 15.3. The van der Waals surface area contributed by atoms with Crippen molar-refractivity contribution in [2.75, 3.05) is 18.5 Å². The molecule has 0 aliphatic heterocycles. The van der Waals surface area contributed by atoms with Gasteiger partial charge in [-0.1, -0.05) is 23.7 Å². The number of benzene rings is 2. The molecule has 0 saturated heterocycles. The molecule has 0 aliphatic carbocycles. The van der Waals surface area contributed by atoms with Crippen LogP contribution in [-0.2, 0) is 4.74 Å². The van der Waals surface area contributed by atoms with Crippen molar-refractivity contribution in [2.24, 2.45) is 0 Å². The fourth-order valence-corrected chi connectivity index (χ4v) is 2.29. The van der Waals surface area contributed by atoms with Gasteiger partial charge in [0.15, 0.2) is 0 Å². The maximum atomic E-state index is 12.0. The quantitative estimate of drug-likeness (QED) is 0.528. The van der Waals surface area contributed by atoms with Crippen LogP contribution in [0.25, 0.3) is 0 Å². The Labute approximate surface area is 154 Å². The normalized spacial score (nSPS) is 9.96. The third-order valence-corrected chi connectivity index (χ3v) is 3.59. The van der Waals surface area contributed by atoms with Crippen molar-refractivity contribution in [3.63, 3.8) is 0 Å². The molecule has 2 aromatic carbocycles. The van der Waals surface area contributed by atoms with Crippen molar-refractivity contribution in [3.8, 4) is 0 Å². The van der Waals surface area contributed by atoms with E-state index in [4.69, 9.17) is 33.7 Å². The second-order valence-corrected chi connectivity index (χ2v) is 5.68. The van der Waals surface area contributed by atoms with Crippen LogP contribution in [0.5, 0.6) is 0 Å². The summed E-state index contributed by atoms with van der Waals surface area (Å²) in [6, 6.07) is 12.9. The number of rotatable bonds is 6. The highest BCUT2D eigenvalue weighted by Gasteiger charge is 2.15. The van der Waals surface area contributed by atoms with Crippen molar-refractivity contribution in [1.82, 2.24) is 5.32 Å². The molecule has 0 atom stereocenters. The summed E-state index contributed by atoms with van der Waals surface area (Å²) in [7, 11) is 0. The SMILES string of the molecule is O=C(O)c1ccccc1C(=O)NCCOC(=S)Nc1ccc(Cl)cc1. The van der Waals surface area contributed by atoms with Gasteiger partial charge in [-0.15, -0.1) is 0 Å². The molecule has 0 heterocycles. The van der Waals surface area contributed by atoms with Gasteiger partial charge < -0.3 is 20.5 Å². The Balaban J connectivity index is 1.77. The average Bonchev–Trinajstić information content (AvgIpc) is 2.60. The van der Waals surface area contributed by atoms with E-state index in [-0.39, 0.29) is 29.5 Å². The van der Waals surface area contributed by atoms with Gasteiger partial charge in [0, 0.05) is 10.7 Å². The number of carboxylic acid groups (broad SMARTS) is 1. The standard InChI is InChI=1S/C17H15ClN2O4S/c18-11-5-7-12(8-6-11)20-17(25)24-10-9-19-15(21)13-3-1-2-4-14(13)16(22)23/h1-8H,9-10H2,(H,19,21)(H,20,25)(H,22,23). The highest BCUT2D eigenvalue weighted by molar-refractivity contribution is 7.80. The Morgan fingerprint density at radius 2 is 1.72 bits per heavy atom. The number of carboxylic acids is 1. The van der Waals surface area contributed by atoms with Crippen LogP contribution in [0.1, 0.15) is 20.7 Å². The molecule has 1 amide bonds. The number of carbonyl (C=O) groups is 2. The zero-order valence-electron chi connectivity index (χ0n) is 13.0. The molecule has 0 aliphatic rings. The van der Waals surface area contributed by atoms with E-state index < -0.39 is 11.9 Å². The predicted octanol–water partition coefficient (Wildman–Crippen LogP) is 3.18. The van der Waals surface area contributed by atoms with Crippen LogP contribution < -0.4 is 10.6 Å². The van der Waals surface area contributed by atoms with Gasteiger partial charge in [-0.3, -0.25) is 4.79 Å². The summed E-state index contributed by atoms with van der Waals surface area (Å²) in [5.41, 5.74) is 0.770. The summed E-state index contributed by atoms with van der Waals surface area (Å²) < 4.78 is 5.30. The molecule has 6 nitrogen and oxygen atoms in total. The van der Waals surface area contributed by atoms with E-state index in [1.54, 1.807) is 36.4 Å². The number of nitrogens with one attached hydrogen (secondary N) is 2. The summed E-state index contributed by atoms with van der Waals surface area (Å²) in [5.74, 6) is -1.64. The molecule has 0 radical (unpaired) electrons. The van der Waals surface area contributed by atoms with E-state index in [2.05, 4.69) is 10.6 Å². The summed E-state index contributed by atoms with van der Waals surface area (Å²) in [6.45, 7) is 0.315. The maximum Gasteiger partial charge on any atom is 0.336 e. The van der Waals surface area contributed by atoms with Gasteiger partial charge >= 0.3 is 5.97 Å². The third kappa shape index (κ3) is 5.74. The molecule has 130 valence electrons. The van der Waals surface area contributed by atoms with Crippen LogP contribution in [0.3, 0.4) is 0 Å². The Morgan fingerprint density at radius 3 is 2.36 bits per heavy atom. The maximum absolute atomic E-state index is 12.0. The Hall–Kier alpha value is -2.64. The van der Waals surface area contributed by atoms with Crippen molar-refractivity contribution < 1.29 is 19.4 Å². The number of halogens is 1. The number of aromatic carboxylic acids is 1. The number of anilines is 1. The minimum absolute atomic E-state index is 0.0548. The number of hydrogen-bond acceptors (Lipinski definition) is 4. The Kier molecular flexibility index (Phi) is 6.73. The predicted molar refractivity (Wildman–Crippen MR) is 99.4 cm³/mol. The first-order chi connectivity index (χ1) is 12.0. The van der Waals surface area contributed by atoms with Crippen molar-refractivity contribution >= 4 is 46.6 Å². The minimum Gasteiger partial charge on any atom is -0.478 e. The third-order valence-electron chi connectivity index (χ3n) is 3.11. The van der Waals surface area contributed by atoms with Gasteiger partial charge in [-0.05, 0) is 48.6 Å². The fraction of sp³-hybridized carbons (Fsp3) is 0.118. The lowest BCUT2D eigenvalue weighted by Crippen LogP contribution is -2.30. The molecule has 0 bridgehead atoms. The van der Waals surface area contributed by atoms with Crippen molar-refractivity contribution in [2.45, 2.75) is 0 Å².